The molecule has 16 heavy (non-hydrogen) atoms. The summed E-state index contributed by atoms with van der Waals surface area (Å²) in [5.74, 6) is -0.860. The summed E-state index contributed by atoms with van der Waals surface area (Å²) in [6.45, 7) is 3.41. The van der Waals surface area contributed by atoms with Crippen LogP contribution in [0.15, 0.2) is 0 Å². The number of rotatable bonds is 4. The van der Waals surface area contributed by atoms with Crippen molar-refractivity contribution in [1.82, 2.24) is 4.98 Å². The summed E-state index contributed by atoms with van der Waals surface area (Å²) in [6, 6.07) is 0. The molecular formula is C9H14N2O4S. The number of aryl methyl sites for hydroxylation is 1. The molecule has 0 saturated carbocycles. The summed E-state index contributed by atoms with van der Waals surface area (Å²) in [7, 11) is 0. The quantitative estimate of drug-likeness (QED) is 0.645. The average Bonchev–Trinajstić information content (AvgIpc) is 2.56. The van der Waals surface area contributed by atoms with Crippen LogP contribution in [-0.4, -0.2) is 33.9 Å². The molecule has 0 aliphatic rings. The summed E-state index contributed by atoms with van der Waals surface area (Å²) in [5.41, 5.74) is 5.95. The van der Waals surface area contributed by atoms with E-state index < -0.39 is 18.2 Å². The number of carbonyl (C=O) groups excluding carboxylic acids is 1. The van der Waals surface area contributed by atoms with Gasteiger partial charge < -0.3 is 20.7 Å². The van der Waals surface area contributed by atoms with Gasteiger partial charge in [-0.2, -0.15) is 0 Å². The largest absolute Gasteiger partial charge is 0.464 e. The maximum atomic E-state index is 11.2. The molecule has 7 heteroatoms. The van der Waals surface area contributed by atoms with E-state index in [0.717, 1.165) is 11.3 Å². The minimum absolute atomic E-state index is 0.145. The van der Waals surface area contributed by atoms with Crippen LogP contribution in [-0.2, 0) is 9.53 Å². The number of nitrogens with zero attached hydrogens (tertiary/aromatic N) is 1. The van der Waals surface area contributed by atoms with E-state index in [2.05, 4.69) is 9.72 Å². The molecule has 1 aromatic rings. The number of nitrogens with two attached hydrogens (primary N) is 1. The normalized spacial score (nSPS) is 14.5. The number of hydrogen-bond acceptors (Lipinski definition) is 7. The molecule has 0 aliphatic heterocycles. The zero-order valence-electron chi connectivity index (χ0n) is 9.01. The van der Waals surface area contributed by atoms with Crippen LogP contribution < -0.4 is 5.73 Å². The minimum atomic E-state index is -1.61. The lowest BCUT2D eigenvalue weighted by atomic mass is 10.1. The number of ether oxygens (including phenoxy) is 1. The van der Waals surface area contributed by atoms with E-state index in [9.17, 15) is 15.0 Å². The van der Waals surface area contributed by atoms with Crippen molar-refractivity contribution in [2.24, 2.45) is 0 Å². The Morgan fingerprint density at radius 1 is 1.62 bits per heavy atom. The number of nitrogen functional groups attached to an aromatic ring is 1. The first-order valence-electron chi connectivity index (χ1n) is 4.73. The molecule has 1 aromatic heterocycles. The minimum Gasteiger partial charge on any atom is -0.464 e. The van der Waals surface area contributed by atoms with Crippen molar-refractivity contribution in [2.75, 3.05) is 12.3 Å². The molecule has 0 aliphatic carbocycles. The van der Waals surface area contributed by atoms with Crippen molar-refractivity contribution in [3.8, 4) is 0 Å². The Hall–Kier alpha value is -1.18. The van der Waals surface area contributed by atoms with Crippen molar-refractivity contribution >= 4 is 22.4 Å². The van der Waals surface area contributed by atoms with Crippen LogP contribution in [0.2, 0.25) is 0 Å². The second-order valence-electron chi connectivity index (χ2n) is 3.14. The van der Waals surface area contributed by atoms with Gasteiger partial charge in [-0.25, -0.2) is 9.78 Å². The molecule has 0 aromatic carbocycles. The molecule has 0 amide bonds. The Labute approximate surface area is 96.7 Å². The summed E-state index contributed by atoms with van der Waals surface area (Å²) < 4.78 is 4.60. The number of esters is 1. The van der Waals surface area contributed by atoms with E-state index in [1.807, 2.05) is 0 Å². The molecule has 2 unspecified atom stereocenters. The summed E-state index contributed by atoms with van der Waals surface area (Å²) in [5, 5.41) is 19.5. The maximum Gasteiger partial charge on any atom is 0.338 e. The molecule has 0 saturated heterocycles. The van der Waals surface area contributed by atoms with Gasteiger partial charge >= 0.3 is 5.97 Å². The Balaban J connectivity index is 2.81. The van der Waals surface area contributed by atoms with E-state index in [0.29, 0.717) is 10.6 Å². The van der Waals surface area contributed by atoms with Crippen molar-refractivity contribution in [3.05, 3.63) is 10.6 Å². The number of aliphatic hydroxyl groups is 2. The first kappa shape index (κ1) is 12.9. The number of thiazole rings is 1. The predicted molar refractivity (Wildman–Crippen MR) is 58.9 cm³/mol. The molecule has 2 atom stereocenters. The van der Waals surface area contributed by atoms with Crippen LogP contribution in [0, 0.1) is 6.92 Å². The van der Waals surface area contributed by atoms with Crippen LogP contribution in [0.3, 0.4) is 0 Å². The third kappa shape index (κ3) is 2.69. The molecule has 1 rings (SSSR count). The van der Waals surface area contributed by atoms with Crippen LogP contribution in [0.1, 0.15) is 23.6 Å². The van der Waals surface area contributed by atoms with Gasteiger partial charge in [-0.05, 0) is 13.8 Å². The molecule has 0 spiro atoms. The lowest BCUT2D eigenvalue weighted by molar-refractivity contribution is -0.159. The topological polar surface area (TPSA) is 106 Å². The lowest BCUT2D eigenvalue weighted by Crippen LogP contribution is -2.29. The molecule has 0 radical (unpaired) electrons. The monoisotopic (exact) mass is 246 g/mol. The van der Waals surface area contributed by atoms with E-state index in [1.165, 1.54) is 0 Å². The van der Waals surface area contributed by atoms with Crippen molar-refractivity contribution < 1.29 is 19.7 Å². The van der Waals surface area contributed by atoms with Crippen LogP contribution in [0.25, 0.3) is 0 Å². The first-order valence-corrected chi connectivity index (χ1v) is 5.54. The third-order valence-electron chi connectivity index (χ3n) is 1.94. The predicted octanol–water partition coefficient (Wildman–Crippen LogP) is -0.00888. The molecule has 6 nitrogen and oxygen atoms in total. The number of aliphatic hydroxyl groups excluding tert-OH is 2. The number of anilines is 1. The highest BCUT2D eigenvalue weighted by Crippen LogP contribution is 2.28. The highest BCUT2D eigenvalue weighted by molar-refractivity contribution is 7.15. The van der Waals surface area contributed by atoms with Gasteiger partial charge in [0.15, 0.2) is 11.2 Å². The SMILES string of the molecule is CCOC(=O)C(O)C(O)c1sc(N)nc1C. The summed E-state index contributed by atoms with van der Waals surface area (Å²) in [6.07, 6.45) is -2.97. The Morgan fingerprint density at radius 3 is 2.69 bits per heavy atom. The van der Waals surface area contributed by atoms with Crippen molar-refractivity contribution in [2.45, 2.75) is 26.1 Å². The molecule has 90 valence electrons. The highest BCUT2D eigenvalue weighted by atomic mass is 32.1. The van der Waals surface area contributed by atoms with Crippen molar-refractivity contribution in [3.63, 3.8) is 0 Å². The number of aromatic nitrogens is 1. The van der Waals surface area contributed by atoms with Crippen LogP contribution in [0.4, 0.5) is 5.13 Å². The van der Waals surface area contributed by atoms with Gasteiger partial charge in [-0.1, -0.05) is 11.3 Å². The molecule has 1 heterocycles. The first-order chi connectivity index (χ1) is 7.47. The highest BCUT2D eigenvalue weighted by Gasteiger charge is 2.29. The lowest BCUT2D eigenvalue weighted by Gasteiger charge is -2.15. The molecular weight excluding hydrogens is 232 g/mol. The van der Waals surface area contributed by atoms with Gasteiger partial charge in [0.2, 0.25) is 0 Å². The summed E-state index contributed by atoms with van der Waals surface area (Å²) in [4.78, 5) is 15.5. The fraction of sp³-hybridized carbons (Fsp3) is 0.556. The molecule has 0 bridgehead atoms. The van der Waals surface area contributed by atoms with E-state index in [4.69, 9.17) is 5.73 Å². The summed E-state index contributed by atoms with van der Waals surface area (Å²) >= 11 is 1.04. The smallest absolute Gasteiger partial charge is 0.338 e. The van der Waals surface area contributed by atoms with Crippen molar-refractivity contribution in [1.29, 1.82) is 0 Å². The Kier molecular flexibility index (Phi) is 4.22. The maximum absolute atomic E-state index is 11.2. The van der Waals surface area contributed by atoms with Gasteiger partial charge in [0.1, 0.15) is 6.10 Å². The standard InChI is InChI=1S/C9H14N2O4S/c1-3-15-8(14)6(13)5(12)7-4(2)11-9(10)16-7/h5-6,12-13H,3H2,1-2H3,(H2,10,11). The van der Waals surface area contributed by atoms with Gasteiger partial charge in [-0.15, -0.1) is 0 Å². The van der Waals surface area contributed by atoms with Gasteiger partial charge in [-0.3, -0.25) is 0 Å². The van der Waals surface area contributed by atoms with E-state index in [-0.39, 0.29) is 11.7 Å². The van der Waals surface area contributed by atoms with Gasteiger partial charge in [0, 0.05) is 0 Å². The molecule has 0 fully saturated rings. The average molecular weight is 246 g/mol. The van der Waals surface area contributed by atoms with Crippen LogP contribution >= 0.6 is 11.3 Å². The molecule has 4 N–H and O–H groups in total. The van der Waals surface area contributed by atoms with E-state index in [1.54, 1.807) is 13.8 Å². The Morgan fingerprint density at radius 2 is 2.25 bits per heavy atom. The second-order valence-corrected chi connectivity index (χ2v) is 4.21. The zero-order chi connectivity index (χ0) is 12.3. The fourth-order valence-electron chi connectivity index (χ4n) is 1.20. The van der Waals surface area contributed by atoms with Gasteiger partial charge in [0.25, 0.3) is 0 Å². The van der Waals surface area contributed by atoms with Crippen LogP contribution in [0.5, 0.6) is 0 Å². The number of hydrogen-bond donors (Lipinski definition) is 3. The third-order valence-corrected chi connectivity index (χ3v) is 3.00. The fourth-order valence-corrected chi connectivity index (χ4v) is 2.05. The van der Waals surface area contributed by atoms with Gasteiger partial charge in [0.05, 0.1) is 17.2 Å². The zero-order valence-corrected chi connectivity index (χ0v) is 9.82. The number of carbonyl (C=O) groups is 1. The van der Waals surface area contributed by atoms with E-state index >= 15 is 0 Å². The second kappa shape index (κ2) is 5.24. The Bertz CT molecular complexity index is 380.